The zero-order chi connectivity index (χ0) is 25.7. The Morgan fingerprint density at radius 3 is 2.58 bits per heavy atom. The predicted molar refractivity (Wildman–Crippen MR) is 124 cm³/mol. The van der Waals surface area contributed by atoms with Crippen LogP contribution in [-0.4, -0.2) is 42.4 Å². The summed E-state index contributed by atoms with van der Waals surface area (Å²) in [5.41, 5.74) is 0.308. The van der Waals surface area contributed by atoms with Crippen LogP contribution in [-0.2, 0) is 20.9 Å². The normalized spacial score (nSPS) is 14.6. The van der Waals surface area contributed by atoms with E-state index in [4.69, 9.17) is 13.9 Å². The van der Waals surface area contributed by atoms with Crippen molar-refractivity contribution in [1.29, 1.82) is 0 Å². The number of barbiturate groups is 1. The number of amides is 5. The molecule has 1 fully saturated rings. The lowest BCUT2D eigenvalue weighted by atomic mass is 10.1. The summed E-state index contributed by atoms with van der Waals surface area (Å²) in [6.45, 7) is -0.621. The number of hydrogen-bond acceptors (Lipinski definition) is 7. The number of furan rings is 1. The van der Waals surface area contributed by atoms with Gasteiger partial charge in [0.15, 0.2) is 18.1 Å². The molecule has 2 aromatic carbocycles. The molecule has 0 aliphatic carbocycles. The van der Waals surface area contributed by atoms with Gasteiger partial charge in [-0.15, -0.1) is 0 Å². The van der Waals surface area contributed by atoms with Gasteiger partial charge in [0.25, 0.3) is 17.7 Å². The summed E-state index contributed by atoms with van der Waals surface area (Å²) >= 11 is 0. The number of para-hydroxylation sites is 1. The monoisotopic (exact) mass is 493 g/mol. The number of carbonyl (C=O) groups excluding carboxylic acids is 4. The molecule has 0 spiro atoms. The zero-order valence-corrected chi connectivity index (χ0v) is 18.9. The van der Waals surface area contributed by atoms with Crippen molar-refractivity contribution < 1.29 is 37.5 Å². The van der Waals surface area contributed by atoms with Gasteiger partial charge in [0.05, 0.1) is 19.9 Å². The van der Waals surface area contributed by atoms with Crippen molar-refractivity contribution in [1.82, 2.24) is 10.2 Å². The molecule has 1 aliphatic heterocycles. The van der Waals surface area contributed by atoms with Gasteiger partial charge in [-0.25, -0.2) is 9.18 Å². The molecule has 0 unspecified atom stereocenters. The minimum absolute atomic E-state index is 0.0943. The van der Waals surface area contributed by atoms with Crippen LogP contribution in [0.2, 0.25) is 0 Å². The molecular formula is C25H20FN3O7. The highest BCUT2D eigenvalue weighted by molar-refractivity contribution is 6.31. The highest BCUT2D eigenvalue weighted by atomic mass is 19.1. The van der Waals surface area contributed by atoms with Crippen molar-refractivity contribution in [2.45, 2.75) is 6.54 Å². The number of carbonyl (C=O) groups is 4. The quantitative estimate of drug-likeness (QED) is 0.365. The maximum atomic E-state index is 13.1. The third-order valence-electron chi connectivity index (χ3n) is 5.08. The number of halogens is 1. The number of benzene rings is 2. The van der Waals surface area contributed by atoms with Crippen LogP contribution < -0.4 is 20.1 Å². The lowest BCUT2D eigenvalue weighted by Crippen LogP contribution is -2.53. The molecule has 3 aromatic rings. The van der Waals surface area contributed by atoms with Crippen LogP contribution in [0.4, 0.5) is 14.9 Å². The number of anilines is 1. The average Bonchev–Trinajstić information content (AvgIpc) is 3.38. The molecule has 5 amide bonds. The zero-order valence-electron chi connectivity index (χ0n) is 18.9. The van der Waals surface area contributed by atoms with Crippen molar-refractivity contribution in [2.24, 2.45) is 0 Å². The average molecular weight is 493 g/mol. The summed E-state index contributed by atoms with van der Waals surface area (Å²) < 4.78 is 29.2. The van der Waals surface area contributed by atoms with E-state index in [-0.39, 0.29) is 29.2 Å². The summed E-state index contributed by atoms with van der Waals surface area (Å²) in [5, 5.41) is 4.69. The molecule has 0 radical (unpaired) electrons. The second kappa shape index (κ2) is 10.6. The summed E-state index contributed by atoms with van der Waals surface area (Å²) in [4.78, 5) is 50.9. The van der Waals surface area contributed by atoms with Crippen LogP contribution in [0.15, 0.2) is 70.9 Å². The van der Waals surface area contributed by atoms with Gasteiger partial charge < -0.3 is 19.2 Å². The largest absolute Gasteiger partial charge is 0.493 e. The topological polar surface area (TPSA) is 127 Å². The Bertz CT molecular complexity index is 1330. The molecule has 11 heteroatoms. The van der Waals surface area contributed by atoms with Gasteiger partial charge in [0, 0.05) is 11.3 Å². The van der Waals surface area contributed by atoms with Crippen molar-refractivity contribution in [3.63, 3.8) is 0 Å². The first kappa shape index (κ1) is 24.2. The molecule has 0 atom stereocenters. The van der Waals surface area contributed by atoms with Crippen molar-refractivity contribution >= 4 is 35.5 Å². The Morgan fingerprint density at radius 1 is 1.11 bits per heavy atom. The van der Waals surface area contributed by atoms with E-state index in [1.165, 1.54) is 43.7 Å². The number of ether oxygens (including phenoxy) is 2. The van der Waals surface area contributed by atoms with Gasteiger partial charge in [0.1, 0.15) is 17.2 Å². The van der Waals surface area contributed by atoms with Crippen molar-refractivity contribution in [2.75, 3.05) is 19.0 Å². The molecule has 0 bridgehead atoms. The minimum atomic E-state index is -0.886. The van der Waals surface area contributed by atoms with Gasteiger partial charge >= 0.3 is 6.03 Å². The molecule has 1 aromatic heterocycles. The van der Waals surface area contributed by atoms with E-state index in [0.717, 1.165) is 4.90 Å². The molecule has 1 aliphatic rings. The standard InChI is InChI=1S/C25H20FN3O7/c1-34-20-6-2-4-15(22(20)36-14-21(30)27-17-9-7-16(26)8-10-17)12-19-23(31)28-25(33)29(24(19)32)13-18-5-3-11-35-18/h2-12H,13-14H2,1H3,(H,27,30)(H,28,31,33). The minimum Gasteiger partial charge on any atom is -0.493 e. The fraction of sp³-hybridized carbons (Fsp3) is 0.120. The number of methoxy groups -OCH3 is 1. The molecule has 2 N–H and O–H groups in total. The Kier molecular flexibility index (Phi) is 7.10. The first-order chi connectivity index (χ1) is 17.4. The van der Waals surface area contributed by atoms with E-state index in [1.807, 2.05) is 0 Å². The Labute approximate surface area is 204 Å². The number of hydrogen-bond donors (Lipinski definition) is 2. The van der Waals surface area contributed by atoms with E-state index in [9.17, 15) is 23.6 Å². The molecule has 184 valence electrons. The third kappa shape index (κ3) is 5.41. The van der Waals surface area contributed by atoms with E-state index in [0.29, 0.717) is 11.4 Å². The van der Waals surface area contributed by atoms with E-state index in [1.54, 1.807) is 30.3 Å². The van der Waals surface area contributed by atoms with Crippen LogP contribution in [0.3, 0.4) is 0 Å². The Hall–Kier alpha value is -4.93. The highest BCUT2D eigenvalue weighted by Gasteiger charge is 2.36. The van der Waals surface area contributed by atoms with E-state index >= 15 is 0 Å². The van der Waals surface area contributed by atoms with Gasteiger partial charge in [-0.2, -0.15) is 0 Å². The van der Waals surface area contributed by atoms with Crippen LogP contribution in [0.25, 0.3) is 6.08 Å². The summed E-state index contributed by atoms with van der Waals surface area (Å²) in [5.74, 6) is -2.01. The van der Waals surface area contributed by atoms with Gasteiger partial charge in [0.2, 0.25) is 0 Å². The summed E-state index contributed by atoms with van der Waals surface area (Å²) in [6.07, 6.45) is 2.64. The Balaban J connectivity index is 1.56. The van der Waals surface area contributed by atoms with Gasteiger partial charge in [-0.05, 0) is 48.5 Å². The van der Waals surface area contributed by atoms with E-state index < -0.39 is 36.2 Å². The molecule has 1 saturated heterocycles. The maximum absolute atomic E-state index is 13.1. The molecule has 4 rings (SSSR count). The van der Waals surface area contributed by atoms with Crippen molar-refractivity contribution in [3.8, 4) is 11.5 Å². The predicted octanol–water partition coefficient (Wildman–Crippen LogP) is 3.11. The summed E-state index contributed by atoms with van der Waals surface area (Å²) in [6, 6.07) is 12.2. The second-order valence-corrected chi connectivity index (χ2v) is 7.51. The number of urea groups is 1. The smallest absolute Gasteiger partial charge is 0.331 e. The van der Waals surface area contributed by atoms with Gasteiger partial charge in [-0.3, -0.25) is 24.6 Å². The van der Waals surface area contributed by atoms with Crippen LogP contribution in [0.1, 0.15) is 11.3 Å². The second-order valence-electron chi connectivity index (χ2n) is 7.51. The van der Waals surface area contributed by atoms with Crippen LogP contribution in [0, 0.1) is 5.82 Å². The Morgan fingerprint density at radius 2 is 1.89 bits per heavy atom. The summed E-state index contributed by atoms with van der Waals surface area (Å²) in [7, 11) is 1.39. The van der Waals surface area contributed by atoms with Gasteiger partial charge in [-0.1, -0.05) is 12.1 Å². The number of nitrogens with one attached hydrogen (secondary N) is 2. The first-order valence-corrected chi connectivity index (χ1v) is 10.6. The number of nitrogens with zero attached hydrogens (tertiary/aromatic N) is 1. The number of imide groups is 2. The van der Waals surface area contributed by atoms with Crippen molar-refractivity contribution in [3.05, 3.63) is 83.6 Å². The number of rotatable bonds is 8. The lowest BCUT2D eigenvalue weighted by molar-refractivity contribution is -0.130. The molecule has 2 heterocycles. The molecule has 10 nitrogen and oxygen atoms in total. The fourth-order valence-corrected chi connectivity index (χ4v) is 3.38. The highest BCUT2D eigenvalue weighted by Crippen LogP contribution is 2.33. The maximum Gasteiger partial charge on any atom is 0.331 e. The lowest BCUT2D eigenvalue weighted by Gasteiger charge is -2.25. The SMILES string of the molecule is COc1cccc(C=C2C(=O)NC(=O)N(Cc3ccco3)C2=O)c1OCC(=O)Nc1ccc(F)cc1. The molecular weight excluding hydrogens is 473 g/mol. The third-order valence-corrected chi connectivity index (χ3v) is 5.08. The molecule has 0 saturated carbocycles. The molecule has 36 heavy (non-hydrogen) atoms. The first-order valence-electron chi connectivity index (χ1n) is 10.6. The van der Waals surface area contributed by atoms with Crippen LogP contribution in [0.5, 0.6) is 11.5 Å². The van der Waals surface area contributed by atoms with E-state index in [2.05, 4.69) is 10.6 Å². The van der Waals surface area contributed by atoms with Crippen LogP contribution >= 0.6 is 0 Å². The fourth-order valence-electron chi connectivity index (χ4n) is 3.38.